The van der Waals surface area contributed by atoms with Crippen LogP contribution in [-0.2, 0) is 9.53 Å². The first-order valence-electron chi connectivity index (χ1n) is 9.65. The summed E-state index contributed by atoms with van der Waals surface area (Å²) in [4.78, 5) is 12.7. The van der Waals surface area contributed by atoms with Gasteiger partial charge in [-0.3, -0.25) is 4.79 Å². The number of aliphatic hydroxyl groups is 1. The summed E-state index contributed by atoms with van der Waals surface area (Å²) in [7, 11) is 4.63. The normalized spacial score (nSPS) is 25.9. The summed E-state index contributed by atoms with van der Waals surface area (Å²) in [5, 5.41) is 11.0. The van der Waals surface area contributed by atoms with Crippen LogP contribution < -0.4 is 23.7 Å². The molecule has 2 aliphatic heterocycles. The molecule has 0 radical (unpaired) electrons. The van der Waals surface area contributed by atoms with E-state index in [4.69, 9.17) is 28.4 Å². The Balaban J connectivity index is 1.74. The zero-order valence-corrected chi connectivity index (χ0v) is 16.8. The highest BCUT2D eigenvalue weighted by molar-refractivity contribution is 5.79. The number of benzene rings is 2. The van der Waals surface area contributed by atoms with Crippen LogP contribution >= 0.6 is 0 Å². The molecule has 0 aromatic heterocycles. The molecule has 1 saturated heterocycles. The van der Waals surface area contributed by atoms with E-state index in [1.54, 1.807) is 20.3 Å². The van der Waals surface area contributed by atoms with Gasteiger partial charge in [0, 0.05) is 11.8 Å². The molecule has 30 heavy (non-hydrogen) atoms. The van der Waals surface area contributed by atoms with Crippen molar-refractivity contribution in [3.63, 3.8) is 0 Å². The lowest BCUT2D eigenvalue weighted by atomic mass is 9.66. The van der Waals surface area contributed by atoms with Crippen molar-refractivity contribution in [2.24, 2.45) is 11.8 Å². The molecule has 0 saturated carbocycles. The average molecular weight is 414 g/mol. The lowest BCUT2D eigenvalue weighted by Gasteiger charge is -2.37. The Morgan fingerprint density at radius 2 is 1.53 bits per heavy atom. The molecule has 0 bridgehead atoms. The Hall–Kier alpha value is -3.13. The van der Waals surface area contributed by atoms with Crippen LogP contribution in [0.25, 0.3) is 0 Å². The van der Waals surface area contributed by atoms with Gasteiger partial charge < -0.3 is 33.5 Å². The molecule has 2 heterocycles. The Kier molecular flexibility index (Phi) is 4.39. The third-order valence-corrected chi connectivity index (χ3v) is 6.19. The first kappa shape index (κ1) is 18.9. The van der Waals surface area contributed by atoms with Gasteiger partial charge in [0.2, 0.25) is 12.5 Å². The minimum Gasteiger partial charge on any atom is -0.493 e. The van der Waals surface area contributed by atoms with E-state index in [9.17, 15) is 9.90 Å². The van der Waals surface area contributed by atoms with E-state index in [1.807, 2.05) is 18.2 Å². The van der Waals surface area contributed by atoms with Gasteiger partial charge in [-0.25, -0.2) is 0 Å². The minimum atomic E-state index is -0.843. The standard InChI is InChI=1S/C22H22O8/c1-25-16-4-10(5-17(26-2)21(16)27-3)18-11-6-14-15(30-9-29-14)7-12(11)20(23)13-8-28-22(24)19(13)18/h4-7,13,18-20,23H,8-9H2,1-3H3/t13-,18-,19+,20-/m0/s1. The van der Waals surface area contributed by atoms with Crippen molar-refractivity contribution in [1.82, 2.24) is 0 Å². The number of cyclic esters (lactones) is 1. The number of rotatable bonds is 4. The van der Waals surface area contributed by atoms with E-state index in [1.165, 1.54) is 7.11 Å². The Morgan fingerprint density at radius 1 is 0.900 bits per heavy atom. The summed E-state index contributed by atoms with van der Waals surface area (Å²) in [6.07, 6.45) is -0.843. The molecule has 2 aromatic rings. The number of esters is 1. The third-order valence-electron chi connectivity index (χ3n) is 6.19. The highest BCUT2D eigenvalue weighted by Gasteiger charge is 2.52. The lowest BCUT2D eigenvalue weighted by molar-refractivity contribution is -0.141. The largest absolute Gasteiger partial charge is 0.493 e. The van der Waals surface area contributed by atoms with Crippen molar-refractivity contribution < 1.29 is 38.3 Å². The number of carbonyl (C=O) groups excluding carboxylic acids is 1. The van der Waals surface area contributed by atoms with Gasteiger partial charge >= 0.3 is 5.97 Å². The number of fused-ring (bicyclic) bond motifs is 3. The van der Waals surface area contributed by atoms with Gasteiger partial charge in [0.05, 0.1) is 40.0 Å². The van der Waals surface area contributed by atoms with Crippen molar-refractivity contribution in [2.45, 2.75) is 12.0 Å². The molecule has 8 heteroatoms. The molecule has 0 amide bonds. The molecule has 5 rings (SSSR count). The van der Waals surface area contributed by atoms with Gasteiger partial charge in [-0.1, -0.05) is 0 Å². The predicted molar refractivity (Wildman–Crippen MR) is 103 cm³/mol. The maximum Gasteiger partial charge on any atom is 0.310 e. The number of carbonyl (C=O) groups is 1. The van der Waals surface area contributed by atoms with Crippen LogP contribution in [0.3, 0.4) is 0 Å². The molecule has 0 spiro atoms. The van der Waals surface area contributed by atoms with Crippen LogP contribution in [0, 0.1) is 11.8 Å². The van der Waals surface area contributed by atoms with Crippen molar-refractivity contribution >= 4 is 5.97 Å². The van der Waals surface area contributed by atoms with E-state index in [2.05, 4.69) is 0 Å². The maximum absolute atomic E-state index is 12.7. The molecular formula is C22H22O8. The van der Waals surface area contributed by atoms with Crippen LogP contribution in [0.2, 0.25) is 0 Å². The summed E-state index contributed by atoms with van der Waals surface area (Å²) in [5.74, 6) is 0.989. The Morgan fingerprint density at radius 3 is 2.13 bits per heavy atom. The summed E-state index contributed by atoms with van der Waals surface area (Å²) in [6.45, 7) is 0.289. The average Bonchev–Trinajstić information content (AvgIpc) is 3.38. The maximum atomic E-state index is 12.7. The lowest BCUT2D eigenvalue weighted by Crippen LogP contribution is -2.34. The highest BCUT2D eigenvalue weighted by atomic mass is 16.7. The van der Waals surface area contributed by atoms with Crippen molar-refractivity contribution in [3.8, 4) is 28.7 Å². The fraction of sp³-hybridized carbons (Fsp3) is 0.409. The van der Waals surface area contributed by atoms with Crippen molar-refractivity contribution in [3.05, 3.63) is 41.0 Å². The van der Waals surface area contributed by atoms with Gasteiger partial charge in [-0.15, -0.1) is 0 Å². The van der Waals surface area contributed by atoms with Gasteiger partial charge in [-0.05, 0) is 41.0 Å². The summed E-state index contributed by atoms with van der Waals surface area (Å²) >= 11 is 0. The first-order chi connectivity index (χ1) is 14.6. The van der Waals surface area contributed by atoms with Crippen LogP contribution in [-0.4, -0.2) is 45.8 Å². The SMILES string of the molecule is COc1cc([C@H]2c3cc4c(cc3[C@H](O)[C@H]3COC(=O)[C@@H]23)OCO4)cc(OC)c1OC. The minimum absolute atomic E-state index is 0.123. The molecule has 158 valence electrons. The van der Waals surface area contributed by atoms with Gasteiger partial charge in [0.15, 0.2) is 23.0 Å². The number of aliphatic hydroxyl groups excluding tert-OH is 1. The van der Waals surface area contributed by atoms with E-state index in [0.29, 0.717) is 34.3 Å². The second-order valence-electron chi connectivity index (χ2n) is 7.54. The summed E-state index contributed by atoms with van der Waals surface area (Å²) in [5.41, 5.74) is 2.30. The fourth-order valence-corrected chi connectivity index (χ4v) is 4.81. The number of methoxy groups -OCH3 is 3. The van der Waals surface area contributed by atoms with Crippen LogP contribution in [0.4, 0.5) is 0 Å². The molecule has 1 N–H and O–H groups in total. The third kappa shape index (κ3) is 2.60. The highest BCUT2D eigenvalue weighted by Crippen LogP contribution is 2.55. The number of hydrogen-bond donors (Lipinski definition) is 1. The molecule has 1 fully saturated rings. The molecular weight excluding hydrogens is 392 g/mol. The van der Waals surface area contributed by atoms with E-state index in [0.717, 1.165) is 11.1 Å². The molecule has 0 unspecified atom stereocenters. The number of hydrogen-bond acceptors (Lipinski definition) is 8. The molecule has 4 atom stereocenters. The van der Waals surface area contributed by atoms with Crippen LogP contribution in [0.15, 0.2) is 24.3 Å². The van der Waals surface area contributed by atoms with Crippen molar-refractivity contribution in [1.29, 1.82) is 0 Å². The topological polar surface area (TPSA) is 92.7 Å². The Bertz CT molecular complexity index is 991. The molecule has 3 aliphatic rings. The van der Waals surface area contributed by atoms with Gasteiger partial charge in [-0.2, -0.15) is 0 Å². The van der Waals surface area contributed by atoms with E-state index in [-0.39, 0.29) is 31.2 Å². The fourth-order valence-electron chi connectivity index (χ4n) is 4.81. The predicted octanol–water partition coefficient (Wildman–Crippen LogP) is 2.41. The van der Waals surface area contributed by atoms with Crippen molar-refractivity contribution in [2.75, 3.05) is 34.7 Å². The van der Waals surface area contributed by atoms with Crippen LogP contribution in [0.1, 0.15) is 28.7 Å². The molecule has 1 aliphatic carbocycles. The monoisotopic (exact) mass is 414 g/mol. The van der Waals surface area contributed by atoms with Gasteiger partial charge in [0.25, 0.3) is 0 Å². The quantitative estimate of drug-likeness (QED) is 0.763. The first-order valence-corrected chi connectivity index (χ1v) is 9.65. The van der Waals surface area contributed by atoms with E-state index >= 15 is 0 Å². The Labute approximate surface area is 173 Å². The second-order valence-corrected chi connectivity index (χ2v) is 7.54. The summed E-state index contributed by atoms with van der Waals surface area (Å²) < 4.78 is 32.9. The smallest absolute Gasteiger partial charge is 0.310 e. The summed E-state index contributed by atoms with van der Waals surface area (Å²) in [6, 6.07) is 7.31. The van der Waals surface area contributed by atoms with Gasteiger partial charge in [0.1, 0.15) is 0 Å². The number of ether oxygens (including phenoxy) is 6. The molecule has 2 aromatic carbocycles. The van der Waals surface area contributed by atoms with E-state index < -0.39 is 12.0 Å². The second kappa shape index (κ2) is 6.98. The zero-order chi connectivity index (χ0) is 21.0. The zero-order valence-electron chi connectivity index (χ0n) is 16.8. The van der Waals surface area contributed by atoms with Crippen LogP contribution in [0.5, 0.6) is 28.7 Å². The molecule has 8 nitrogen and oxygen atoms in total.